The second-order valence-electron chi connectivity index (χ2n) is 12.8. The van der Waals surface area contributed by atoms with E-state index >= 15 is 0 Å². The second kappa shape index (κ2) is 10.8. The number of carbonyl (C=O) groups is 1. The van der Waals surface area contributed by atoms with Crippen molar-refractivity contribution in [1.29, 1.82) is 0 Å². The zero-order chi connectivity index (χ0) is 27.8. The number of hydroxylamine groups is 1. The van der Waals surface area contributed by atoms with Gasteiger partial charge in [0.2, 0.25) is 0 Å². The molecule has 8 nitrogen and oxygen atoms in total. The van der Waals surface area contributed by atoms with Crippen LogP contribution < -0.4 is 10.2 Å². The van der Waals surface area contributed by atoms with Crippen molar-refractivity contribution < 1.29 is 24.0 Å². The maximum Gasteiger partial charge on any atom is 0.514 e. The summed E-state index contributed by atoms with van der Waals surface area (Å²) in [5, 5.41) is 10.9. The van der Waals surface area contributed by atoms with E-state index in [2.05, 4.69) is 38.4 Å². The maximum absolute atomic E-state index is 12.7. The minimum absolute atomic E-state index is 0.00376. The third kappa shape index (κ3) is 4.88. The molecule has 0 heterocycles. The molecule has 0 saturated heterocycles. The van der Waals surface area contributed by atoms with Gasteiger partial charge in [0, 0.05) is 31.0 Å². The molecule has 4 aliphatic carbocycles. The van der Waals surface area contributed by atoms with Gasteiger partial charge < -0.3 is 9.47 Å². The summed E-state index contributed by atoms with van der Waals surface area (Å²) in [6.07, 6.45) is 14.4. The zero-order valence-electron chi connectivity index (χ0n) is 23.8. The van der Waals surface area contributed by atoms with Crippen molar-refractivity contribution in [2.24, 2.45) is 34.5 Å². The fourth-order valence-electron chi connectivity index (χ4n) is 9.38. The van der Waals surface area contributed by atoms with Crippen LogP contribution in [0.25, 0.3) is 0 Å². The summed E-state index contributed by atoms with van der Waals surface area (Å²) < 4.78 is 11.1. The van der Waals surface area contributed by atoms with Gasteiger partial charge in [0.15, 0.2) is 0 Å². The van der Waals surface area contributed by atoms with Gasteiger partial charge >= 0.3 is 6.16 Å². The lowest BCUT2D eigenvalue weighted by Crippen LogP contribution is -2.65. The standard InChI is InChI=1S/C31H44N2O6/c1-5-6-7-21-8-13-26-25-15-19-31(39-32-4)20-24(14-18-30(31,3)27(25)16-17-29(21,26)2)38-28(34)37-23-11-9-22(10-12-23)33(35)36/h5-6,9-12,21,24-27,32H,7-8,13-20H2,1-4H3/b6-5+/t21?,24?,25?,26?,27-,29?,30?,31+/m0/s1. The van der Waals surface area contributed by atoms with Crippen LogP contribution in [0.2, 0.25) is 0 Å². The summed E-state index contributed by atoms with van der Waals surface area (Å²) in [6.45, 7) is 7.14. The van der Waals surface area contributed by atoms with E-state index in [-0.39, 0.29) is 23.0 Å². The molecule has 0 aromatic heterocycles. The van der Waals surface area contributed by atoms with E-state index in [1.165, 1.54) is 56.4 Å². The van der Waals surface area contributed by atoms with Crippen LogP contribution in [-0.4, -0.2) is 29.8 Å². The Labute approximate surface area is 232 Å². The van der Waals surface area contributed by atoms with Crippen LogP contribution in [-0.2, 0) is 9.57 Å². The highest BCUT2D eigenvalue weighted by molar-refractivity contribution is 5.64. The number of hydrogen-bond donors (Lipinski definition) is 1. The highest BCUT2D eigenvalue weighted by atomic mass is 16.7. The molecule has 39 heavy (non-hydrogen) atoms. The Morgan fingerprint density at radius 1 is 1.08 bits per heavy atom. The molecule has 8 heteroatoms. The number of fused-ring (bicyclic) bond motifs is 5. The van der Waals surface area contributed by atoms with Gasteiger partial charge in [-0.1, -0.05) is 26.0 Å². The number of hydrogen-bond acceptors (Lipinski definition) is 7. The van der Waals surface area contributed by atoms with Crippen molar-refractivity contribution >= 4 is 11.8 Å². The lowest BCUT2D eigenvalue weighted by molar-refractivity contribution is -0.384. The molecule has 0 spiro atoms. The van der Waals surface area contributed by atoms with Gasteiger partial charge in [-0.3, -0.25) is 15.0 Å². The fourth-order valence-corrected chi connectivity index (χ4v) is 9.38. The van der Waals surface area contributed by atoms with Crippen molar-refractivity contribution in [3.8, 4) is 5.75 Å². The molecule has 5 rings (SSSR count). The van der Waals surface area contributed by atoms with Crippen LogP contribution in [0.1, 0.15) is 85.0 Å². The predicted molar refractivity (Wildman–Crippen MR) is 148 cm³/mol. The number of allylic oxidation sites excluding steroid dienone is 2. The van der Waals surface area contributed by atoms with Gasteiger partial charge in [-0.05, 0) is 106 Å². The quantitative estimate of drug-likeness (QED) is 0.127. The number of nitro groups is 1. The number of nitrogens with one attached hydrogen (secondary N) is 1. The van der Waals surface area contributed by atoms with E-state index < -0.39 is 16.7 Å². The molecule has 214 valence electrons. The minimum Gasteiger partial charge on any atom is -0.431 e. The zero-order valence-corrected chi connectivity index (χ0v) is 23.8. The summed E-state index contributed by atoms with van der Waals surface area (Å²) >= 11 is 0. The third-order valence-electron chi connectivity index (χ3n) is 11.4. The Balaban J connectivity index is 1.28. The van der Waals surface area contributed by atoms with Crippen molar-refractivity contribution in [2.45, 2.75) is 96.7 Å². The van der Waals surface area contributed by atoms with Crippen molar-refractivity contribution in [3.05, 3.63) is 46.5 Å². The van der Waals surface area contributed by atoms with Crippen LogP contribution in [0.4, 0.5) is 10.5 Å². The Hall–Kier alpha value is -2.45. The van der Waals surface area contributed by atoms with Gasteiger partial charge in [0.25, 0.3) is 5.69 Å². The summed E-state index contributed by atoms with van der Waals surface area (Å²) in [5.41, 5.74) is 3.00. The van der Waals surface area contributed by atoms with Crippen molar-refractivity contribution in [2.75, 3.05) is 7.05 Å². The molecule has 0 aliphatic heterocycles. The molecule has 8 atom stereocenters. The number of rotatable bonds is 7. The van der Waals surface area contributed by atoms with Gasteiger partial charge in [0.1, 0.15) is 11.9 Å². The summed E-state index contributed by atoms with van der Waals surface area (Å²) in [4.78, 5) is 29.5. The van der Waals surface area contributed by atoms with E-state index in [1.54, 1.807) is 0 Å². The van der Waals surface area contributed by atoms with Gasteiger partial charge in [-0.15, -0.1) is 0 Å². The maximum atomic E-state index is 12.7. The molecule has 4 fully saturated rings. The highest BCUT2D eigenvalue weighted by Crippen LogP contribution is 2.69. The molecule has 1 N–H and O–H groups in total. The second-order valence-corrected chi connectivity index (χ2v) is 12.8. The fraction of sp³-hybridized carbons (Fsp3) is 0.710. The predicted octanol–water partition coefficient (Wildman–Crippen LogP) is 7.38. The Morgan fingerprint density at radius 2 is 1.85 bits per heavy atom. The van der Waals surface area contributed by atoms with Crippen LogP contribution in [0.3, 0.4) is 0 Å². The van der Waals surface area contributed by atoms with E-state index in [1.807, 2.05) is 7.05 Å². The third-order valence-corrected chi connectivity index (χ3v) is 11.4. The first-order chi connectivity index (χ1) is 18.7. The average molecular weight is 541 g/mol. The largest absolute Gasteiger partial charge is 0.514 e. The summed E-state index contributed by atoms with van der Waals surface area (Å²) in [7, 11) is 1.83. The van der Waals surface area contributed by atoms with Crippen molar-refractivity contribution in [1.82, 2.24) is 5.48 Å². The molecular formula is C31H44N2O6. The van der Waals surface area contributed by atoms with E-state index in [4.69, 9.17) is 14.3 Å². The molecule has 1 aromatic carbocycles. The average Bonchev–Trinajstić information content (AvgIpc) is 3.24. The number of non-ortho nitro benzene ring substituents is 1. The first-order valence-corrected chi connectivity index (χ1v) is 14.7. The lowest BCUT2D eigenvalue weighted by atomic mass is 9.43. The van der Waals surface area contributed by atoms with E-state index in [0.29, 0.717) is 17.8 Å². The molecule has 0 amide bonds. The summed E-state index contributed by atoms with van der Waals surface area (Å²) in [5.74, 6) is 3.12. The Morgan fingerprint density at radius 3 is 2.54 bits per heavy atom. The van der Waals surface area contributed by atoms with Crippen LogP contribution >= 0.6 is 0 Å². The number of nitro benzene ring substituents is 1. The minimum atomic E-state index is -0.780. The molecule has 4 saturated carbocycles. The molecule has 4 aliphatic rings. The molecule has 6 unspecified atom stereocenters. The molecule has 1 aromatic rings. The number of nitrogens with zero attached hydrogens (tertiary/aromatic N) is 1. The number of benzene rings is 1. The lowest BCUT2D eigenvalue weighted by Gasteiger charge is -2.65. The Kier molecular flexibility index (Phi) is 7.81. The molecular weight excluding hydrogens is 496 g/mol. The smallest absolute Gasteiger partial charge is 0.431 e. The SMILES string of the molecule is C/C=C/CC1CCC2C3CC[C@@]4(ONC)CC(OC(=O)Oc5ccc([N+](=O)[O-])cc5)CCC4(C)[C@H]3CCC12C. The number of ether oxygens (including phenoxy) is 2. The topological polar surface area (TPSA) is 99.9 Å². The summed E-state index contributed by atoms with van der Waals surface area (Å²) in [6, 6.07) is 5.44. The van der Waals surface area contributed by atoms with Gasteiger partial charge in [0.05, 0.1) is 10.5 Å². The van der Waals surface area contributed by atoms with Crippen LogP contribution in [0.15, 0.2) is 36.4 Å². The first-order valence-electron chi connectivity index (χ1n) is 14.7. The van der Waals surface area contributed by atoms with E-state index in [9.17, 15) is 14.9 Å². The first kappa shape index (κ1) is 28.1. The normalized spacial score (nSPS) is 39.4. The molecule has 0 radical (unpaired) electrons. The van der Waals surface area contributed by atoms with E-state index in [0.717, 1.165) is 43.4 Å². The number of carbonyl (C=O) groups excluding carboxylic acids is 1. The van der Waals surface area contributed by atoms with Gasteiger partial charge in [-0.25, -0.2) is 10.3 Å². The molecule has 0 bridgehead atoms. The monoisotopic (exact) mass is 540 g/mol. The van der Waals surface area contributed by atoms with Crippen molar-refractivity contribution in [3.63, 3.8) is 0 Å². The highest BCUT2D eigenvalue weighted by Gasteiger charge is 2.66. The Bertz CT molecular complexity index is 1090. The van der Waals surface area contributed by atoms with Crippen LogP contribution in [0.5, 0.6) is 5.75 Å². The van der Waals surface area contributed by atoms with Gasteiger partial charge in [-0.2, -0.15) is 0 Å². The van der Waals surface area contributed by atoms with Crippen LogP contribution in [0, 0.1) is 44.6 Å².